The summed E-state index contributed by atoms with van der Waals surface area (Å²) in [6.45, 7) is 0. The largest absolute Gasteiger partial charge is 1.00 e. The van der Waals surface area contributed by atoms with Gasteiger partial charge in [0.1, 0.15) is 5.78 Å². The van der Waals surface area contributed by atoms with E-state index < -0.39 is 0 Å². The Labute approximate surface area is 376 Å². The first-order valence-corrected chi connectivity index (χ1v) is 18.7. The molecule has 299 valence electrons. The molecule has 8 rings (SSSR count). The number of allylic oxidation sites excluding steroid dienone is 1. The molecule has 2 aliphatic carbocycles. The number of fused-ring (bicyclic) bond motifs is 2. The second-order valence-corrected chi connectivity index (χ2v) is 13.8. The van der Waals surface area contributed by atoms with Gasteiger partial charge in [0.05, 0.1) is 60.5 Å². The molecule has 0 N–H and O–H groups in total. The van der Waals surface area contributed by atoms with Crippen molar-refractivity contribution in [2.24, 2.45) is 0 Å². The fraction of sp³-hybridized carbons (Fsp3) is 0.208. The maximum Gasteiger partial charge on any atom is 1.00 e. The van der Waals surface area contributed by atoms with Crippen LogP contribution in [0.1, 0.15) is 41.0 Å². The van der Waals surface area contributed by atoms with Gasteiger partial charge in [-0.2, -0.15) is 0 Å². The van der Waals surface area contributed by atoms with Gasteiger partial charge in [-0.15, -0.1) is 0 Å². The van der Waals surface area contributed by atoms with Gasteiger partial charge in [-0.25, -0.2) is 0 Å². The average molecular weight is 812 g/mol. The molecular weight excluding hydrogens is 766 g/mol. The zero-order valence-electron chi connectivity index (χ0n) is 35.9. The van der Waals surface area contributed by atoms with Gasteiger partial charge in [0.2, 0.25) is 11.5 Å². The Morgan fingerprint density at radius 2 is 1.08 bits per heavy atom. The number of ether oxygens (including phenoxy) is 6. The number of aromatic nitrogens is 2. The smallest absolute Gasteiger partial charge is 1.00 e. The number of carbonyl (C=O) groups excluding carboxylic acids is 2. The Morgan fingerprint density at radius 1 is 0.600 bits per heavy atom. The number of hydrogen-bond acceptors (Lipinski definition) is 10. The molecule has 0 spiro atoms. The summed E-state index contributed by atoms with van der Waals surface area (Å²) in [5, 5.41) is 0. The summed E-state index contributed by atoms with van der Waals surface area (Å²) in [6.07, 6.45) is 6.91. The van der Waals surface area contributed by atoms with E-state index in [1.165, 1.54) is 0 Å². The van der Waals surface area contributed by atoms with E-state index in [0.717, 1.165) is 55.9 Å². The van der Waals surface area contributed by atoms with Crippen LogP contribution in [0.3, 0.4) is 0 Å². The summed E-state index contributed by atoms with van der Waals surface area (Å²) >= 11 is 0. The van der Waals surface area contributed by atoms with Crippen molar-refractivity contribution in [3.8, 4) is 56.8 Å². The van der Waals surface area contributed by atoms with E-state index in [0.29, 0.717) is 59.3 Å². The first-order valence-electron chi connectivity index (χ1n) is 18.7. The number of benzene rings is 4. The molecule has 1 atom stereocenters. The van der Waals surface area contributed by atoms with E-state index in [-0.39, 0.29) is 56.9 Å². The summed E-state index contributed by atoms with van der Waals surface area (Å²) in [5.74, 6) is 3.52. The van der Waals surface area contributed by atoms with Crippen LogP contribution >= 0.6 is 0 Å². The zero-order chi connectivity index (χ0) is 40.8. The Hall–Kier alpha value is -5.88. The van der Waals surface area contributed by atoms with Crippen molar-refractivity contribution < 1.29 is 69.0 Å². The number of ketones is 2. The minimum Gasteiger partial charge on any atom is -1.00 e. The standard InChI is InChI=1S/C24H23NO4.C24H21NO4.B.Na.H/c2*1-27-22-11-16(12-23(28-2)24(22)29-3)17-10-18-19(9-15-7-5-4-6-8-15)21(26)13-20(18)25-14-17;;;/h4-8,10-12,14,19H,9,13H2,1-3H3;4-12,14H,13H2,1-3H3;;;/q;;;+1;-1. The second kappa shape index (κ2) is 20.4. The Bertz CT molecular complexity index is 2470. The Balaban J connectivity index is 0.000000256. The molecule has 3 radical (unpaired) electrons. The van der Waals surface area contributed by atoms with Crippen molar-refractivity contribution in [3.05, 3.63) is 143 Å². The summed E-state index contributed by atoms with van der Waals surface area (Å²) in [7, 11) is 9.51. The van der Waals surface area contributed by atoms with Gasteiger partial charge in [-0.1, -0.05) is 60.7 Å². The van der Waals surface area contributed by atoms with Crippen LogP contribution in [0.4, 0.5) is 0 Å². The molecule has 2 heterocycles. The van der Waals surface area contributed by atoms with E-state index in [2.05, 4.69) is 28.2 Å². The fourth-order valence-corrected chi connectivity index (χ4v) is 7.44. The second-order valence-electron chi connectivity index (χ2n) is 13.8. The average Bonchev–Trinajstić information content (AvgIpc) is 3.75. The first kappa shape index (κ1) is 45.2. The van der Waals surface area contributed by atoms with Crippen LogP contribution < -0.4 is 58.0 Å². The molecule has 0 fully saturated rings. The van der Waals surface area contributed by atoms with E-state index >= 15 is 0 Å². The van der Waals surface area contributed by atoms with Crippen molar-refractivity contribution in [3.63, 3.8) is 0 Å². The van der Waals surface area contributed by atoms with Crippen LogP contribution in [0.15, 0.2) is 109 Å². The van der Waals surface area contributed by atoms with Crippen LogP contribution in [0.5, 0.6) is 34.5 Å². The van der Waals surface area contributed by atoms with Crippen molar-refractivity contribution in [2.45, 2.75) is 25.2 Å². The van der Waals surface area contributed by atoms with Crippen molar-refractivity contribution in [2.75, 3.05) is 42.7 Å². The quantitative estimate of drug-likeness (QED) is 0.125. The number of nitrogens with zero attached hydrogens (tertiary/aromatic N) is 2. The minimum atomic E-state index is -0.165. The molecule has 0 amide bonds. The van der Waals surface area contributed by atoms with Crippen LogP contribution in [0.2, 0.25) is 0 Å². The Kier molecular flexibility index (Phi) is 15.4. The number of carbonyl (C=O) groups is 2. The van der Waals surface area contributed by atoms with Gasteiger partial charge in [-0.3, -0.25) is 19.6 Å². The molecule has 2 aliphatic rings. The normalized spacial score (nSPS) is 14.1. The van der Waals surface area contributed by atoms with Gasteiger partial charge < -0.3 is 29.8 Å². The number of pyridine rings is 2. The molecule has 4 aromatic carbocycles. The molecule has 0 saturated heterocycles. The van der Waals surface area contributed by atoms with E-state index in [1.54, 1.807) is 55.1 Å². The summed E-state index contributed by atoms with van der Waals surface area (Å²) in [4.78, 5) is 34.4. The Morgan fingerprint density at radius 3 is 1.58 bits per heavy atom. The fourth-order valence-electron chi connectivity index (χ4n) is 7.44. The molecule has 1 unspecified atom stereocenters. The van der Waals surface area contributed by atoms with E-state index in [9.17, 15) is 9.59 Å². The molecule has 2 aromatic heterocycles. The maximum absolute atomic E-state index is 12.7. The number of methoxy groups -OCH3 is 6. The van der Waals surface area contributed by atoms with Gasteiger partial charge in [0.25, 0.3) is 0 Å². The number of rotatable bonds is 11. The summed E-state index contributed by atoms with van der Waals surface area (Å²) in [5.41, 5.74) is 9.91. The zero-order valence-corrected chi connectivity index (χ0v) is 36.9. The monoisotopic (exact) mass is 811 g/mol. The third kappa shape index (κ3) is 9.44. The molecule has 60 heavy (non-hydrogen) atoms. The van der Waals surface area contributed by atoms with Crippen molar-refractivity contribution in [1.29, 1.82) is 0 Å². The summed E-state index contributed by atoms with van der Waals surface area (Å²) in [6, 6.07) is 31.5. The third-order valence-electron chi connectivity index (χ3n) is 10.4. The predicted octanol–water partition coefficient (Wildman–Crippen LogP) is 5.40. The topological polar surface area (TPSA) is 115 Å². The van der Waals surface area contributed by atoms with Crippen molar-refractivity contribution in [1.82, 2.24) is 9.97 Å². The van der Waals surface area contributed by atoms with Gasteiger partial charge >= 0.3 is 29.6 Å². The van der Waals surface area contributed by atoms with Crippen LogP contribution in [-0.4, -0.2) is 72.6 Å². The minimum absolute atomic E-state index is 0. The molecule has 0 saturated carbocycles. The first-order chi connectivity index (χ1) is 28.3. The molecule has 0 aliphatic heterocycles. The van der Waals surface area contributed by atoms with E-state index in [1.807, 2.05) is 84.9 Å². The van der Waals surface area contributed by atoms with Gasteiger partial charge in [0.15, 0.2) is 28.8 Å². The molecule has 0 bridgehead atoms. The third-order valence-corrected chi connectivity index (χ3v) is 10.4. The summed E-state index contributed by atoms with van der Waals surface area (Å²) < 4.78 is 32.7. The molecule has 10 nitrogen and oxygen atoms in total. The van der Waals surface area contributed by atoms with Crippen molar-refractivity contribution >= 4 is 31.6 Å². The van der Waals surface area contributed by atoms with E-state index in [4.69, 9.17) is 28.4 Å². The molecule has 6 aromatic rings. The molecular formula is C48H45BN2NaO8. The SMILES string of the molecule is COc1cc(-c2cnc3c(c2)C(=Cc2ccccc2)C(=O)C3)cc(OC)c1OC.COc1cc(-c2cnc3c(c2)C(Cc2ccccc2)C(=O)C3)cc(OC)c1OC.[B].[H-].[Na+]. The van der Waals surface area contributed by atoms with Gasteiger partial charge in [-0.05, 0) is 76.7 Å². The van der Waals surface area contributed by atoms with Crippen LogP contribution in [-0.2, 0) is 28.9 Å². The van der Waals surface area contributed by atoms with Gasteiger partial charge in [0, 0.05) is 55.4 Å². The number of hydrogen-bond donors (Lipinski definition) is 0. The number of Topliss-reactive ketones (excluding diaryl/α,β-unsaturated/α-hetero) is 2. The molecule has 12 heteroatoms. The maximum atomic E-state index is 12.7. The predicted molar refractivity (Wildman–Crippen MR) is 230 cm³/mol. The van der Waals surface area contributed by atoms with Crippen LogP contribution in [0, 0.1) is 0 Å². The van der Waals surface area contributed by atoms with Crippen LogP contribution in [0.25, 0.3) is 33.9 Å².